The molecule has 0 aliphatic carbocycles. The van der Waals surface area contributed by atoms with E-state index in [1.807, 2.05) is 48.8 Å². The standard InChI is InChI=1S/C20H18BrN5O/c21-15-8-6-14(7-9-15)17-12-18(25-24-17)20(27)22-10-3-11-26-13-23-16-4-1-2-5-19(16)26/h1-2,4-9,12-13H,3,10-11H2,(H,22,27)(H,24,25). The number of nitrogens with one attached hydrogen (secondary N) is 2. The topological polar surface area (TPSA) is 75.6 Å². The van der Waals surface area contributed by atoms with E-state index in [4.69, 9.17) is 0 Å². The molecule has 2 heterocycles. The first kappa shape index (κ1) is 17.5. The minimum atomic E-state index is -0.152. The Hall–Kier alpha value is -2.93. The summed E-state index contributed by atoms with van der Waals surface area (Å²) in [6, 6.07) is 17.6. The number of carbonyl (C=O) groups excluding carboxylic acids is 1. The van der Waals surface area contributed by atoms with E-state index in [1.165, 1.54) is 0 Å². The SMILES string of the molecule is O=C(NCCCn1cnc2ccccc21)c1cc(-c2ccc(Br)cc2)n[nH]1. The first-order valence-electron chi connectivity index (χ1n) is 8.70. The molecule has 0 unspecified atom stereocenters. The number of fused-ring (bicyclic) bond motifs is 1. The van der Waals surface area contributed by atoms with E-state index in [-0.39, 0.29) is 5.91 Å². The molecule has 0 radical (unpaired) electrons. The number of aryl methyl sites for hydroxylation is 1. The molecule has 0 aliphatic heterocycles. The Morgan fingerprint density at radius 2 is 1.96 bits per heavy atom. The fraction of sp³-hybridized carbons (Fsp3) is 0.150. The number of aromatic amines is 1. The Balaban J connectivity index is 1.31. The van der Waals surface area contributed by atoms with Gasteiger partial charge in [-0.25, -0.2) is 4.98 Å². The normalized spacial score (nSPS) is 11.0. The number of amides is 1. The molecule has 0 spiro atoms. The molecule has 4 rings (SSSR count). The minimum Gasteiger partial charge on any atom is -0.351 e. The van der Waals surface area contributed by atoms with Crippen molar-refractivity contribution >= 4 is 32.9 Å². The van der Waals surface area contributed by atoms with Gasteiger partial charge >= 0.3 is 0 Å². The summed E-state index contributed by atoms with van der Waals surface area (Å²) >= 11 is 3.41. The van der Waals surface area contributed by atoms with Crippen LogP contribution < -0.4 is 5.32 Å². The summed E-state index contributed by atoms with van der Waals surface area (Å²) in [5, 5.41) is 9.97. The third-order valence-corrected chi connectivity index (χ3v) is 4.88. The van der Waals surface area contributed by atoms with Crippen LogP contribution in [0.25, 0.3) is 22.3 Å². The highest BCUT2D eigenvalue weighted by molar-refractivity contribution is 9.10. The van der Waals surface area contributed by atoms with Crippen molar-refractivity contribution in [2.45, 2.75) is 13.0 Å². The molecule has 0 atom stereocenters. The number of nitrogens with zero attached hydrogens (tertiary/aromatic N) is 3. The van der Waals surface area contributed by atoms with Crippen LogP contribution >= 0.6 is 15.9 Å². The van der Waals surface area contributed by atoms with Gasteiger partial charge in [-0.3, -0.25) is 9.89 Å². The lowest BCUT2D eigenvalue weighted by Crippen LogP contribution is -2.25. The summed E-state index contributed by atoms with van der Waals surface area (Å²) in [4.78, 5) is 16.7. The largest absolute Gasteiger partial charge is 0.351 e. The number of para-hydroxylation sites is 2. The van der Waals surface area contributed by atoms with Crippen LogP contribution in [0.3, 0.4) is 0 Å². The molecule has 27 heavy (non-hydrogen) atoms. The number of H-pyrrole nitrogens is 1. The van der Waals surface area contributed by atoms with Crippen molar-refractivity contribution in [3.05, 3.63) is 71.1 Å². The Bertz CT molecular complexity index is 1070. The molecule has 2 N–H and O–H groups in total. The van der Waals surface area contributed by atoms with Crippen LogP contribution in [0.1, 0.15) is 16.9 Å². The van der Waals surface area contributed by atoms with Crippen molar-refractivity contribution in [2.24, 2.45) is 0 Å². The second-order valence-electron chi connectivity index (χ2n) is 6.21. The van der Waals surface area contributed by atoms with Crippen LogP contribution in [-0.4, -0.2) is 32.2 Å². The van der Waals surface area contributed by atoms with Crippen molar-refractivity contribution in [3.63, 3.8) is 0 Å². The van der Waals surface area contributed by atoms with Gasteiger partial charge in [0.2, 0.25) is 0 Å². The first-order chi connectivity index (χ1) is 13.2. The van der Waals surface area contributed by atoms with E-state index >= 15 is 0 Å². The number of hydrogen-bond acceptors (Lipinski definition) is 3. The predicted molar refractivity (Wildman–Crippen MR) is 108 cm³/mol. The second kappa shape index (κ2) is 7.75. The van der Waals surface area contributed by atoms with Crippen molar-refractivity contribution in [1.29, 1.82) is 0 Å². The molecule has 2 aromatic heterocycles. The van der Waals surface area contributed by atoms with E-state index in [0.717, 1.165) is 39.7 Å². The van der Waals surface area contributed by atoms with Gasteiger partial charge in [0.1, 0.15) is 5.69 Å². The zero-order chi connectivity index (χ0) is 18.6. The molecular formula is C20H18BrN5O. The fourth-order valence-corrected chi connectivity index (χ4v) is 3.21. The maximum atomic E-state index is 12.3. The third kappa shape index (κ3) is 3.93. The van der Waals surface area contributed by atoms with Crippen molar-refractivity contribution in [2.75, 3.05) is 6.54 Å². The van der Waals surface area contributed by atoms with Gasteiger partial charge in [-0.05, 0) is 36.8 Å². The van der Waals surface area contributed by atoms with Gasteiger partial charge in [-0.15, -0.1) is 0 Å². The van der Waals surface area contributed by atoms with E-state index in [9.17, 15) is 4.79 Å². The average molecular weight is 424 g/mol. The molecule has 136 valence electrons. The highest BCUT2D eigenvalue weighted by atomic mass is 79.9. The minimum absolute atomic E-state index is 0.152. The van der Waals surface area contributed by atoms with E-state index < -0.39 is 0 Å². The number of aromatic nitrogens is 4. The van der Waals surface area contributed by atoms with Crippen LogP contribution in [-0.2, 0) is 6.54 Å². The lowest BCUT2D eigenvalue weighted by molar-refractivity contribution is 0.0948. The highest BCUT2D eigenvalue weighted by Crippen LogP contribution is 2.20. The van der Waals surface area contributed by atoms with Gasteiger partial charge in [-0.1, -0.05) is 40.2 Å². The van der Waals surface area contributed by atoms with Crippen LogP contribution in [0.4, 0.5) is 0 Å². The number of halogens is 1. The molecule has 0 fully saturated rings. The molecule has 6 nitrogen and oxygen atoms in total. The van der Waals surface area contributed by atoms with Gasteiger partial charge in [0, 0.05) is 23.1 Å². The molecule has 4 aromatic rings. The molecule has 0 saturated carbocycles. The number of carbonyl (C=O) groups is 1. The zero-order valence-corrected chi connectivity index (χ0v) is 16.1. The summed E-state index contributed by atoms with van der Waals surface area (Å²) in [5.41, 5.74) is 4.26. The Morgan fingerprint density at radius 1 is 1.15 bits per heavy atom. The average Bonchev–Trinajstić information content (AvgIpc) is 3.33. The number of benzene rings is 2. The van der Waals surface area contributed by atoms with Crippen LogP contribution in [0.15, 0.2) is 65.4 Å². The summed E-state index contributed by atoms with van der Waals surface area (Å²) in [5.74, 6) is -0.152. The smallest absolute Gasteiger partial charge is 0.269 e. The monoisotopic (exact) mass is 423 g/mol. The molecule has 1 amide bonds. The van der Waals surface area contributed by atoms with Gasteiger partial charge in [0.15, 0.2) is 0 Å². The predicted octanol–water partition coefficient (Wildman–Crippen LogP) is 4.01. The van der Waals surface area contributed by atoms with Crippen molar-refractivity contribution in [3.8, 4) is 11.3 Å². The molecular weight excluding hydrogens is 406 g/mol. The molecule has 0 bridgehead atoms. The Labute approximate surface area is 164 Å². The van der Waals surface area contributed by atoms with Crippen LogP contribution in [0.2, 0.25) is 0 Å². The zero-order valence-electron chi connectivity index (χ0n) is 14.5. The first-order valence-corrected chi connectivity index (χ1v) is 9.49. The van der Waals surface area contributed by atoms with E-state index in [0.29, 0.717) is 12.2 Å². The van der Waals surface area contributed by atoms with Crippen LogP contribution in [0.5, 0.6) is 0 Å². The third-order valence-electron chi connectivity index (χ3n) is 4.35. The molecule has 7 heteroatoms. The van der Waals surface area contributed by atoms with Crippen LogP contribution in [0, 0.1) is 0 Å². The lowest BCUT2D eigenvalue weighted by Gasteiger charge is -2.05. The summed E-state index contributed by atoms with van der Waals surface area (Å²) in [6.07, 6.45) is 2.66. The lowest BCUT2D eigenvalue weighted by atomic mass is 10.1. The second-order valence-corrected chi connectivity index (χ2v) is 7.13. The summed E-state index contributed by atoms with van der Waals surface area (Å²) < 4.78 is 3.11. The maximum absolute atomic E-state index is 12.3. The fourth-order valence-electron chi connectivity index (χ4n) is 2.94. The van der Waals surface area contributed by atoms with Gasteiger partial charge in [-0.2, -0.15) is 5.10 Å². The molecule has 0 aliphatic rings. The highest BCUT2D eigenvalue weighted by Gasteiger charge is 2.10. The Morgan fingerprint density at radius 3 is 2.81 bits per heavy atom. The van der Waals surface area contributed by atoms with Gasteiger partial charge in [0.25, 0.3) is 5.91 Å². The molecule has 2 aromatic carbocycles. The molecule has 0 saturated heterocycles. The number of imidazole rings is 1. The van der Waals surface area contributed by atoms with Gasteiger partial charge < -0.3 is 9.88 Å². The number of rotatable bonds is 6. The van der Waals surface area contributed by atoms with Crippen molar-refractivity contribution < 1.29 is 4.79 Å². The summed E-state index contributed by atoms with van der Waals surface area (Å²) in [7, 11) is 0. The van der Waals surface area contributed by atoms with E-state index in [1.54, 1.807) is 6.07 Å². The summed E-state index contributed by atoms with van der Waals surface area (Å²) in [6.45, 7) is 1.38. The van der Waals surface area contributed by atoms with Gasteiger partial charge in [0.05, 0.1) is 23.1 Å². The quantitative estimate of drug-likeness (QED) is 0.460. The van der Waals surface area contributed by atoms with E-state index in [2.05, 4.69) is 47.1 Å². The Kier molecular flexibility index (Phi) is 5.02. The maximum Gasteiger partial charge on any atom is 0.269 e. The number of hydrogen-bond donors (Lipinski definition) is 2. The van der Waals surface area contributed by atoms with Crippen molar-refractivity contribution in [1.82, 2.24) is 25.1 Å².